The summed E-state index contributed by atoms with van der Waals surface area (Å²) in [6.07, 6.45) is 12.0. The Kier molecular flexibility index (Phi) is 12.6. The average molecular weight is 673 g/mol. The first-order valence-corrected chi connectivity index (χ1v) is 25.4. The van der Waals surface area contributed by atoms with E-state index in [0.29, 0.717) is 0 Å². The van der Waals surface area contributed by atoms with Gasteiger partial charge in [-0.05, 0) is 89.7 Å². The Labute approximate surface area is 260 Å². The van der Waals surface area contributed by atoms with E-state index >= 15 is 0 Å². The van der Waals surface area contributed by atoms with E-state index in [0.717, 1.165) is 68.9 Å². The van der Waals surface area contributed by atoms with E-state index in [1.54, 1.807) is 12.0 Å². The predicted octanol–water partition coefficient (Wildman–Crippen LogP) is 11.5. The van der Waals surface area contributed by atoms with Crippen LogP contribution in [0.15, 0.2) is 30.3 Å². The van der Waals surface area contributed by atoms with E-state index in [1.165, 1.54) is 44.9 Å². The molecule has 12 atom stereocenters. The van der Waals surface area contributed by atoms with Crippen LogP contribution in [0.3, 0.4) is 0 Å². The number of benzene rings is 1. The average Bonchev–Trinajstić information content (AvgIpc) is 3.48. The third-order valence-electron chi connectivity index (χ3n) is 12.1. The fraction of sp³-hybridized carbons (Fsp3) is 0.758. The number of rotatable bonds is 3. The van der Waals surface area contributed by atoms with Gasteiger partial charge in [-0.15, -0.1) is 0 Å². The van der Waals surface area contributed by atoms with Crippen LogP contribution in [0, 0.1) is 56.3 Å². The molecule has 12 unspecified atom stereocenters. The normalized spacial score (nSPS) is 43.2. The Bertz CT molecular complexity index is 868. The molecule has 5 fully saturated rings. The van der Waals surface area contributed by atoms with Gasteiger partial charge < -0.3 is 14.9 Å². The third-order valence-corrected chi connectivity index (χ3v) is 19.5. The Balaban J connectivity index is 0.000000766. The van der Waals surface area contributed by atoms with Gasteiger partial charge in [0.2, 0.25) is 0 Å². The van der Waals surface area contributed by atoms with Crippen molar-refractivity contribution in [2.24, 2.45) is 41.4 Å². The molecule has 0 spiro atoms. The summed E-state index contributed by atoms with van der Waals surface area (Å²) in [5.41, 5.74) is 3.75. The first-order chi connectivity index (χ1) is 17.3. The molecule has 0 nitrogen and oxygen atoms in total. The summed E-state index contributed by atoms with van der Waals surface area (Å²) >= 11 is 1.70. The van der Waals surface area contributed by atoms with Crippen LogP contribution in [0.4, 0.5) is 0 Å². The van der Waals surface area contributed by atoms with E-state index in [2.05, 4.69) is 76.0 Å². The van der Waals surface area contributed by atoms with Gasteiger partial charge in [-0.25, -0.2) is 0 Å². The molecule has 0 amide bonds. The second-order valence-electron chi connectivity index (χ2n) is 13.8. The fourth-order valence-corrected chi connectivity index (χ4v) is 20.9. The van der Waals surface area contributed by atoms with Crippen LogP contribution in [-0.4, -0.2) is 18.6 Å². The van der Waals surface area contributed by atoms with E-state index in [-0.39, 0.29) is 14.9 Å². The molecule has 4 saturated carbocycles. The van der Waals surface area contributed by atoms with Crippen LogP contribution in [0.2, 0.25) is 24.2 Å². The zero-order valence-electron chi connectivity index (χ0n) is 25.1. The maximum atomic E-state index is 4.93. The van der Waals surface area contributed by atoms with Gasteiger partial charge in [0.25, 0.3) is 0 Å². The molecule has 38 heavy (non-hydrogen) atoms. The monoisotopic (exact) mass is 670 g/mol. The molecule has 5 heteroatoms. The van der Waals surface area contributed by atoms with Gasteiger partial charge in [0.1, 0.15) is 0 Å². The van der Waals surface area contributed by atoms with Gasteiger partial charge in [-0.2, -0.15) is 11.8 Å². The minimum atomic E-state index is -1.41. The van der Waals surface area contributed by atoms with Gasteiger partial charge in [-0.3, -0.25) is 0 Å². The summed E-state index contributed by atoms with van der Waals surface area (Å²) in [6.45, 7) is 13.8. The number of hydrogen-bond acceptors (Lipinski definition) is 1. The summed E-state index contributed by atoms with van der Waals surface area (Å²) < 4.78 is 0. The Morgan fingerprint density at radius 1 is 0.789 bits per heavy atom. The molecule has 1 aromatic carbocycles. The number of hydrogen-bond donors (Lipinski definition) is 0. The van der Waals surface area contributed by atoms with Gasteiger partial charge in [-0.1, -0.05) is 89.9 Å². The summed E-state index contributed by atoms with van der Waals surface area (Å²) in [4.78, 5) is 0. The van der Waals surface area contributed by atoms with Crippen molar-refractivity contribution in [2.75, 3.05) is 0 Å². The molecule has 1 aliphatic heterocycles. The molecule has 0 N–H and O–H groups in total. The quantitative estimate of drug-likeness (QED) is 0.227. The second-order valence-corrected chi connectivity index (χ2v) is 23.9. The zero-order chi connectivity index (χ0) is 25.6. The molecule has 1 aromatic rings. The van der Waals surface area contributed by atoms with Gasteiger partial charge >= 0.3 is 37.9 Å². The molecule has 6 rings (SSSR count). The molecule has 4 aliphatic carbocycles. The molecule has 5 aliphatic rings. The molecular formula is C33H54Cl2SSiZr. The Hall–Kier alpha value is 1.25. The Morgan fingerprint density at radius 3 is 2.11 bits per heavy atom. The fourth-order valence-electron chi connectivity index (χ4n) is 11.1. The summed E-state index contributed by atoms with van der Waals surface area (Å²) in [6, 6.07) is 11.7. The molecule has 0 bridgehead atoms. The van der Waals surface area contributed by atoms with E-state index in [1.807, 2.05) is 0 Å². The minimum absolute atomic E-state index is 0. The first kappa shape index (κ1) is 33.7. The first-order valence-electron chi connectivity index (χ1n) is 15.0. The molecule has 1 heterocycles. The van der Waals surface area contributed by atoms with Crippen LogP contribution in [-0.2, 0) is 20.8 Å². The van der Waals surface area contributed by atoms with E-state index < -0.39 is 28.9 Å². The second kappa shape index (κ2) is 14.1. The van der Waals surface area contributed by atoms with Crippen LogP contribution >= 0.6 is 28.8 Å². The summed E-state index contributed by atoms with van der Waals surface area (Å²) in [5, 5.41) is 2.02. The topological polar surface area (TPSA) is 0 Å². The zero-order valence-corrected chi connectivity index (χ0v) is 30.9. The SMILES string of the molecule is CC1CC2C(c3ccccc3)CCCC2C1[Si](C)(C)C1C(C)C(C)C2C3CCCCC3SC21.[CH3-].[CH3-].[Cl][Zr+2][Cl]. The third kappa shape index (κ3) is 6.01. The summed E-state index contributed by atoms with van der Waals surface area (Å²) in [5.74, 6) is 7.77. The van der Waals surface area contributed by atoms with Crippen LogP contribution < -0.4 is 0 Å². The molecular weight excluding hydrogens is 619 g/mol. The summed E-state index contributed by atoms with van der Waals surface area (Å²) in [7, 11) is 8.45. The predicted molar refractivity (Wildman–Crippen MR) is 172 cm³/mol. The Morgan fingerprint density at radius 2 is 1.42 bits per heavy atom. The molecule has 0 aromatic heterocycles. The number of thioether (sulfide) groups is 1. The van der Waals surface area contributed by atoms with Crippen LogP contribution in [0.25, 0.3) is 0 Å². The van der Waals surface area contributed by atoms with Crippen molar-refractivity contribution < 1.29 is 20.8 Å². The van der Waals surface area contributed by atoms with Crippen molar-refractivity contribution in [1.29, 1.82) is 0 Å². The standard InChI is InChI=1S/C31H48SSi.2CH3.2ClH.Zr/c1-19-18-26-23(22-12-7-6-8-13-22)15-11-16-24(26)30(19)33(4,5)31-21(3)20(2)28-25-14-9-10-17-27(25)32-29(28)31;;;;;/h6-8,12-13,19-21,23-31H,9-11,14-18H2,1-5H3;2*1H3;2*1H;/q;2*-1;;;+4/p-2. The van der Waals surface area contributed by atoms with Gasteiger partial charge in [0.05, 0.1) is 8.07 Å². The van der Waals surface area contributed by atoms with Gasteiger partial charge in [0.15, 0.2) is 0 Å². The van der Waals surface area contributed by atoms with E-state index in [4.69, 9.17) is 17.0 Å². The van der Waals surface area contributed by atoms with Crippen molar-refractivity contribution in [3.8, 4) is 0 Å². The van der Waals surface area contributed by atoms with Crippen molar-refractivity contribution >= 4 is 36.9 Å². The van der Waals surface area contributed by atoms with Gasteiger partial charge in [0, 0.05) is 10.5 Å². The van der Waals surface area contributed by atoms with Crippen LogP contribution in [0.5, 0.6) is 0 Å². The molecule has 214 valence electrons. The van der Waals surface area contributed by atoms with Crippen molar-refractivity contribution in [2.45, 2.75) is 113 Å². The maximum absolute atomic E-state index is 4.93. The van der Waals surface area contributed by atoms with Crippen LogP contribution in [0.1, 0.15) is 83.6 Å². The van der Waals surface area contributed by atoms with E-state index in [9.17, 15) is 0 Å². The van der Waals surface area contributed by atoms with Crippen molar-refractivity contribution in [3.05, 3.63) is 50.7 Å². The number of halogens is 2. The molecule has 0 radical (unpaired) electrons. The van der Waals surface area contributed by atoms with Crippen molar-refractivity contribution in [1.82, 2.24) is 0 Å². The number of fused-ring (bicyclic) bond motifs is 4. The molecule has 1 saturated heterocycles. The van der Waals surface area contributed by atoms with Crippen molar-refractivity contribution in [3.63, 3.8) is 0 Å².